The molecule has 2 rings (SSSR count). The fourth-order valence-electron chi connectivity index (χ4n) is 1.42. The smallest absolute Gasteiger partial charge is 0.365 e. The quantitative estimate of drug-likeness (QED) is 0.690. The van der Waals surface area contributed by atoms with Crippen molar-refractivity contribution in [2.75, 3.05) is 0 Å². The van der Waals surface area contributed by atoms with Crippen LogP contribution in [0.2, 0.25) is 0 Å². The van der Waals surface area contributed by atoms with Crippen LogP contribution >= 0.6 is 23.1 Å². The highest BCUT2D eigenvalue weighted by Crippen LogP contribution is 2.22. The summed E-state index contributed by atoms with van der Waals surface area (Å²) >= 11 is 2.60. The minimum atomic E-state index is -0.987. The van der Waals surface area contributed by atoms with Crippen molar-refractivity contribution >= 4 is 29.1 Å². The van der Waals surface area contributed by atoms with Crippen molar-refractivity contribution in [2.24, 2.45) is 0 Å². The zero-order chi connectivity index (χ0) is 14.0. The molecule has 7 heteroatoms. The Labute approximate surface area is 119 Å². The Balaban J connectivity index is 2.08. The molecular formula is C12H13N3O2S2. The summed E-state index contributed by atoms with van der Waals surface area (Å²) in [5, 5.41) is 11.4. The molecule has 0 aliphatic rings. The summed E-state index contributed by atoms with van der Waals surface area (Å²) in [5.41, 5.74) is 3.79. The number of aromatic nitrogens is 3. The molecule has 1 N–H and O–H groups in total. The van der Waals surface area contributed by atoms with Crippen LogP contribution < -0.4 is 0 Å². The van der Waals surface area contributed by atoms with Crippen molar-refractivity contribution in [3.63, 3.8) is 0 Å². The maximum absolute atomic E-state index is 10.7. The zero-order valence-corrected chi connectivity index (χ0v) is 12.4. The van der Waals surface area contributed by atoms with Crippen LogP contribution in [0.1, 0.15) is 32.4 Å². The molecule has 2 aromatic rings. The Kier molecular flexibility index (Phi) is 4.16. The van der Waals surface area contributed by atoms with E-state index in [1.165, 1.54) is 11.8 Å². The molecule has 0 aromatic carbocycles. The van der Waals surface area contributed by atoms with E-state index in [0.717, 1.165) is 34.0 Å². The number of carboxylic acid groups (broad SMARTS) is 1. The monoisotopic (exact) mass is 295 g/mol. The topological polar surface area (TPSA) is 76.0 Å². The maximum atomic E-state index is 10.7. The Morgan fingerprint density at radius 3 is 2.42 bits per heavy atom. The van der Waals surface area contributed by atoms with Crippen LogP contribution in [-0.2, 0) is 5.75 Å². The Bertz CT molecular complexity index is 602. The number of thiazole rings is 1. The zero-order valence-electron chi connectivity index (χ0n) is 10.8. The molecule has 0 bridgehead atoms. The summed E-state index contributed by atoms with van der Waals surface area (Å²) in [4.78, 5) is 23.6. The van der Waals surface area contributed by atoms with Crippen LogP contribution in [0.3, 0.4) is 0 Å². The number of thioether (sulfide) groups is 1. The van der Waals surface area contributed by atoms with E-state index in [2.05, 4.69) is 15.0 Å². The first kappa shape index (κ1) is 14.0. The number of rotatable bonds is 4. The SMILES string of the molecule is Cc1nc(SCc2csc(C(=O)O)n2)nc(C)c1C. The van der Waals surface area contributed by atoms with Crippen molar-refractivity contribution in [1.82, 2.24) is 15.0 Å². The first-order valence-corrected chi connectivity index (χ1v) is 7.46. The molecule has 0 amide bonds. The van der Waals surface area contributed by atoms with Gasteiger partial charge in [0.1, 0.15) is 0 Å². The van der Waals surface area contributed by atoms with Crippen LogP contribution in [0, 0.1) is 20.8 Å². The van der Waals surface area contributed by atoms with E-state index in [1.807, 2.05) is 20.8 Å². The molecule has 0 aliphatic heterocycles. The number of hydrogen-bond donors (Lipinski definition) is 1. The van der Waals surface area contributed by atoms with Gasteiger partial charge in [-0.1, -0.05) is 11.8 Å². The van der Waals surface area contributed by atoms with E-state index < -0.39 is 5.97 Å². The van der Waals surface area contributed by atoms with Gasteiger partial charge in [0.2, 0.25) is 5.01 Å². The van der Waals surface area contributed by atoms with Crippen LogP contribution in [0.15, 0.2) is 10.5 Å². The summed E-state index contributed by atoms with van der Waals surface area (Å²) in [6, 6.07) is 0. The maximum Gasteiger partial charge on any atom is 0.365 e. The van der Waals surface area contributed by atoms with E-state index in [-0.39, 0.29) is 5.01 Å². The number of carbonyl (C=O) groups is 1. The van der Waals surface area contributed by atoms with Crippen molar-refractivity contribution in [2.45, 2.75) is 31.7 Å². The highest BCUT2D eigenvalue weighted by atomic mass is 32.2. The van der Waals surface area contributed by atoms with Crippen molar-refractivity contribution in [3.8, 4) is 0 Å². The van der Waals surface area contributed by atoms with Gasteiger partial charge in [-0.05, 0) is 26.3 Å². The molecule has 19 heavy (non-hydrogen) atoms. The van der Waals surface area contributed by atoms with Crippen molar-refractivity contribution in [3.05, 3.63) is 33.0 Å². The van der Waals surface area contributed by atoms with Gasteiger partial charge in [0.25, 0.3) is 0 Å². The normalized spacial score (nSPS) is 10.7. The van der Waals surface area contributed by atoms with Crippen LogP contribution in [0.5, 0.6) is 0 Å². The standard InChI is InChI=1S/C12H13N3O2S2/c1-6-7(2)13-12(14-8(6)3)19-5-9-4-18-10(15-9)11(16)17/h4H,5H2,1-3H3,(H,16,17). The first-order chi connectivity index (χ1) is 8.97. The predicted molar refractivity (Wildman–Crippen MR) is 74.9 cm³/mol. The third-order valence-electron chi connectivity index (χ3n) is 2.70. The fourth-order valence-corrected chi connectivity index (χ4v) is 3.00. The summed E-state index contributed by atoms with van der Waals surface area (Å²) < 4.78 is 0. The number of carboxylic acids is 1. The number of aromatic carboxylic acids is 1. The lowest BCUT2D eigenvalue weighted by Gasteiger charge is -2.05. The summed E-state index contributed by atoms with van der Waals surface area (Å²) in [6.07, 6.45) is 0. The molecule has 0 aliphatic carbocycles. The van der Waals surface area contributed by atoms with E-state index in [9.17, 15) is 4.79 Å². The molecule has 0 radical (unpaired) electrons. The first-order valence-electron chi connectivity index (χ1n) is 5.59. The van der Waals surface area contributed by atoms with Gasteiger partial charge in [0.15, 0.2) is 5.16 Å². The third-order valence-corrected chi connectivity index (χ3v) is 4.46. The van der Waals surface area contributed by atoms with Crippen LogP contribution in [-0.4, -0.2) is 26.0 Å². The number of aryl methyl sites for hydroxylation is 2. The van der Waals surface area contributed by atoms with Gasteiger partial charge in [-0.2, -0.15) is 0 Å². The Morgan fingerprint density at radius 1 is 1.26 bits per heavy atom. The molecule has 5 nitrogen and oxygen atoms in total. The molecule has 100 valence electrons. The van der Waals surface area contributed by atoms with Gasteiger partial charge in [0, 0.05) is 22.5 Å². The molecule has 0 saturated carbocycles. The second-order valence-electron chi connectivity index (χ2n) is 4.04. The largest absolute Gasteiger partial charge is 0.476 e. The predicted octanol–water partition coefficient (Wildman–Crippen LogP) is 2.85. The van der Waals surface area contributed by atoms with Crippen molar-refractivity contribution < 1.29 is 9.90 Å². The molecule has 0 fully saturated rings. The highest BCUT2D eigenvalue weighted by Gasteiger charge is 2.10. The van der Waals surface area contributed by atoms with Crippen LogP contribution in [0.25, 0.3) is 0 Å². The minimum absolute atomic E-state index is 0.118. The Hall–Kier alpha value is -1.47. The molecule has 0 atom stereocenters. The number of hydrogen-bond acceptors (Lipinski definition) is 6. The molecular weight excluding hydrogens is 282 g/mol. The van der Waals surface area contributed by atoms with Gasteiger partial charge in [0.05, 0.1) is 5.69 Å². The second-order valence-corrected chi connectivity index (χ2v) is 5.84. The van der Waals surface area contributed by atoms with Gasteiger partial charge >= 0.3 is 5.97 Å². The van der Waals surface area contributed by atoms with Gasteiger partial charge < -0.3 is 5.11 Å². The molecule has 0 unspecified atom stereocenters. The van der Waals surface area contributed by atoms with E-state index in [1.54, 1.807) is 5.38 Å². The lowest BCUT2D eigenvalue weighted by Crippen LogP contribution is -1.98. The van der Waals surface area contributed by atoms with Gasteiger partial charge in [-0.15, -0.1) is 11.3 Å². The number of nitrogens with zero attached hydrogens (tertiary/aromatic N) is 3. The molecule has 2 heterocycles. The van der Waals surface area contributed by atoms with E-state index in [4.69, 9.17) is 5.11 Å². The van der Waals surface area contributed by atoms with Crippen LogP contribution in [0.4, 0.5) is 0 Å². The average molecular weight is 295 g/mol. The lowest BCUT2D eigenvalue weighted by molar-refractivity contribution is 0.0696. The van der Waals surface area contributed by atoms with E-state index in [0.29, 0.717) is 10.9 Å². The van der Waals surface area contributed by atoms with Gasteiger partial charge in [-0.3, -0.25) is 0 Å². The van der Waals surface area contributed by atoms with E-state index >= 15 is 0 Å². The Morgan fingerprint density at radius 2 is 1.89 bits per heavy atom. The second kappa shape index (κ2) is 5.66. The third kappa shape index (κ3) is 3.30. The lowest BCUT2D eigenvalue weighted by atomic mass is 10.2. The fraction of sp³-hybridized carbons (Fsp3) is 0.333. The van der Waals surface area contributed by atoms with Crippen molar-refractivity contribution in [1.29, 1.82) is 0 Å². The summed E-state index contributed by atoms with van der Waals surface area (Å²) in [7, 11) is 0. The van der Waals surface area contributed by atoms with Gasteiger partial charge in [-0.25, -0.2) is 19.7 Å². The minimum Gasteiger partial charge on any atom is -0.476 e. The summed E-state index contributed by atoms with van der Waals surface area (Å²) in [6.45, 7) is 5.91. The summed E-state index contributed by atoms with van der Waals surface area (Å²) in [5.74, 6) is -0.411. The molecule has 2 aromatic heterocycles. The highest BCUT2D eigenvalue weighted by molar-refractivity contribution is 7.98. The molecule has 0 saturated heterocycles. The molecule has 0 spiro atoms. The average Bonchev–Trinajstić information content (AvgIpc) is 2.82.